The van der Waals surface area contributed by atoms with Crippen LogP contribution in [0.25, 0.3) is 0 Å². The van der Waals surface area contributed by atoms with Crippen molar-refractivity contribution >= 4 is 17.4 Å². The molecule has 0 aliphatic carbocycles. The molecule has 0 saturated carbocycles. The zero-order chi connectivity index (χ0) is 13.8. The lowest BCUT2D eigenvalue weighted by molar-refractivity contribution is -0.119. The predicted octanol–water partition coefficient (Wildman–Crippen LogP) is 3.77. The molecule has 0 bridgehead atoms. The number of rotatable bonds is 5. The molecule has 0 saturated heterocycles. The molecule has 0 fully saturated rings. The maximum atomic E-state index is 12.4. The summed E-state index contributed by atoms with van der Waals surface area (Å²) in [6.07, 6.45) is -3.57. The SMILES string of the molecule is CCc1cc(CCl)cc(N(CC)CC(F)(F)F)n1. The second-order valence-electron chi connectivity index (χ2n) is 3.94. The van der Waals surface area contributed by atoms with Crippen molar-refractivity contribution in [1.82, 2.24) is 4.98 Å². The van der Waals surface area contributed by atoms with Gasteiger partial charge in [0.2, 0.25) is 0 Å². The molecule has 2 nitrogen and oxygen atoms in total. The topological polar surface area (TPSA) is 16.1 Å². The molecule has 0 radical (unpaired) electrons. The molecule has 18 heavy (non-hydrogen) atoms. The summed E-state index contributed by atoms with van der Waals surface area (Å²) in [5.41, 5.74) is 1.54. The summed E-state index contributed by atoms with van der Waals surface area (Å²) in [4.78, 5) is 5.43. The molecule has 1 rings (SSSR count). The van der Waals surface area contributed by atoms with Crippen molar-refractivity contribution in [3.8, 4) is 0 Å². The van der Waals surface area contributed by atoms with E-state index in [2.05, 4.69) is 4.98 Å². The summed E-state index contributed by atoms with van der Waals surface area (Å²) in [7, 11) is 0. The summed E-state index contributed by atoms with van der Waals surface area (Å²) in [6, 6.07) is 3.43. The zero-order valence-corrected chi connectivity index (χ0v) is 11.1. The summed E-state index contributed by atoms with van der Waals surface area (Å²) < 4.78 is 37.3. The van der Waals surface area contributed by atoms with Gasteiger partial charge in [0.1, 0.15) is 12.4 Å². The molecule has 102 valence electrons. The fourth-order valence-corrected chi connectivity index (χ4v) is 1.78. The molecule has 1 heterocycles. The highest BCUT2D eigenvalue weighted by Crippen LogP contribution is 2.22. The molecule has 1 aromatic heterocycles. The van der Waals surface area contributed by atoms with E-state index < -0.39 is 12.7 Å². The largest absolute Gasteiger partial charge is 0.405 e. The van der Waals surface area contributed by atoms with Crippen molar-refractivity contribution in [2.24, 2.45) is 0 Å². The van der Waals surface area contributed by atoms with Gasteiger partial charge in [-0.2, -0.15) is 13.2 Å². The monoisotopic (exact) mass is 280 g/mol. The van der Waals surface area contributed by atoms with E-state index in [1.807, 2.05) is 13.0 Å². The van der Waals surface area contributed by atoms with E-state index in [9.17, 15) is 13.2 Å². The molecular weight excluding hydrogens is 265 g/mol. The number of halogens is 4. The average molecular weight is 281 g/mol. The zero-order valence-electron chi connectivity index (χ0n) is 10.4. The highest BCUT2D eigenvalue weighted by molar-refractivity contribution is 6.17. The Hall–Kier alpha value is -0.970. The van der Waals surface area contributed by atoms with Gasteiger partial charge in [0, 0.05) is 18.1 Å². The Balaban J connectivity index is 3.04. The van der Waals surface area contributed by atoms with Crippen molar-refractivity contribution in [2.45, 2.75) is 32.3 Å². The number of aromatic nitrogens is 1. The van der Waals surface area contributed by atoms with E-state index in [4.69, 9.17) is 11.6 Å². The quantitative estimate of drug-likeness (QED) is 0.763. The van der Waals surface area contributed by atoms with E-state index in [0.717, 1.165) is 11.3 Å². The Morgan fingerprint density at radius 3 is 2.39 bits per heavy atom. The van der Waals surface area contributed by atoms with Gasteiger partial charge >= 0.3 is 6.18 Å². The van der Waals surface area contributed by atoms with Crippen molar-refractivity contribution in [1.29, 1.82) is 0 Å². The molecule has 0 unspecified atom stereocenters. The normalized spacial score (nSPS) is 11.7. The lowest BCUT2D eigenvalue weighted by atomic mass is 10.2. The third-order valence-corrected chi connectivity index (χ3v) is 2.83. The summed E-state index contributed by atoms with van der Waals surface area (Å²) in [5, 5.41) is 0. The number of anilines is 1. The van der Waals surface area contributed by atoms with Crippen molar-refractivity contribution < 1.29 is 13.2 Å². The molecule has 0 spiro atoms. The van der Waals surface area contributed by atoms with Crippen LogP contribution in [0.5, 0.6) is 0 Å². The van der Waals surface area contributed by atoms with Gasteiger partial charge in [-0.15, -0.1) is 11.6 Å². The predicted molar refractivity (Wildman–Crippen MR) is 67.1 cm³/mol. The van der Waals surface area contributed by atoms with E-state index in [-0.39, 0.29) is 12.4 Å². The summed E-state index contributed by atoms with van der Waals surface area (Å²) in [5.74, 6) is 0.608. The number of hydrogen-bond donors (Lipinski definition) is 0. The first-order valence-electron chi connectivity index (χ1n) is 5.77. The number of aryl methyl sites for hydroxylation is 1. The van der Waals surface area contributed by atoms with Crippen molar-refractivity contribution in [2.75, 3.05) is 18.0 Å². The minimum absolute atomic E-state index is 0.251. The van der Waals surface area contributed by atoms with Gasteiger partial charge in [-0.25, -0.2) is 4.98 Å². The van der Waals surface area contributed by atoms with Crippen LogP contribution in [0.3, 0.4) is 0 Å². The average Bonchev–Trinajstić information content (AvgIpc) is 2.34. The van der Waals surface area contributed by atoms with Gasteiger partial charge in [0.15, 0.2) is 0 Å². The minimum Gasteiger partial charge on any atom is -0.348 e. The van der Waals surface area contributed by atoms with Crippen LogP contribution >= 0.6 is 11.6 Å². The smallest absolute Gasteiger partial charge is 0.348 e. The maximum absolute atomic E-state index is 12.4. The van der Waals surface area contributed by atoms with E-state index in [0.29, 0.717) is 12.2 Å². The number of nitrogens with zero attached hydrogens (tertiary/aromatic N) is 2. The molecule has 0 aliphatic rings. The van der Waals surface area contributed by atoms with Crippen LogP contribution in [-0.2, 0) is 12.3 Å². The molecular formula is C12H16ClF3N2. The second kappa shape index (κ2) is 6.27. The standard InChI is InChI=1S/C12H16ClF3N2/c1-3-10-5-9(7-13)6-11(17-10)18(4-2)8-12(14,15)16/h5-6H,3-4,7-8H2,1-2H3. The van der Waals surface area contributed by atoms with Crippen LogP contribution in [0.4, 0.5) is 19.0 Å². The Morgan fingerprint density at radius 1 is 1.28 bits per heavy atom. The van der Waals surface area contributed by atoms with Crippen molar-refractivity contribution in [3.05, 3.63) is 23.4 Å². The molecule has 0 atom stereocenters. The van der Waals surface area contributed by atoms with Crippen LogP contribution < -0.4 is 4.90 Å². The number of alkyl halides is 4. The molecule has 0 aromatic carbocycles. The van der Waals surface area contributed by atoms with E-state index in [1.165, 1.54) is 4.90 Å². The van der Waals surface area contributed by atoms with Crippen LogP contribution in [0.2, 0.25) is 0 Å². The molecule has 6 heteroatoms. The highest BCUT2D eigenvalue weighted by Gasteiger charge is 2.30. The fourth-order valence-electron chi connectivity index (χ4n) is 1.62. The van der Waals surface area contributed by atoms with Gasteiger partial charge in [-0.1, -0.05) is 6.92 Å². The third kappa shape index (κ3) is 4.37. The van der Waals surface area contributed by atoms with E-state index in [1.54, 1.807) is 13.0 Å². The van der Waals surface area contributed by atoms with Crippen molar-refractivity contribution in [3.63, 3.8) is 0 Å². The first-order valence-corrected chi connectivity index (χ1v) is 6.30. The minimum atomic E-state index is -4.24. The van der Waals surface area contributed by atoms with Crippen LogP contribution in [-0.4, -0.2) is 24.2 Å². The Morgan fingerprint density at radius 2 is 1.94 bits per heavy atom. The second-order valence-corrected chi connectivity index (χ2v) is 4.21. The molecule has 0 amide bonds. The van der Waals surface area contributed by atoms with Gasteiger partial charge in [0.05, 0.1) is 0 Å². The Bertz CT molecular complexity index is 371. The first-order chi connectivity index (χ1) is 8.39. The third-order valence-electron chi connectivity index (χ3n) is 2.52. The van der Waals surface area contributed by atoms with Crippen LogP contribution in [0.15, 0.2) is 12.1 Å². The van der Waals surface area contributed by atoms with Gasteiger partial charge in [0.25, 0.3) is 0 Å². The Kier molecular flexibility index (Phi) is 5.26. The van der Waals surface area contributed by atoms with Crippen LogP contribution in [0.1, 0.15) is 25.1 Å². The summed E-state index contributed by atoms with van der Waals surface area (Å²) in [6.45, 7) is 2.84. The van der Waals surface area contributed by atoms with E-state index >= 15 is 0 Å². The first kappa shape index (κ1) is 15.1. The number of hydrogen-bond acceptors (Lipinski definition) is 2. The van der Waals surface area contributed by atoms with Crippen LogP contribution in [0, 0.1) is 0 Å². The molecule has 0 N–H and O–H groups in total. The molecule has 0 aliphatic heterocycles. The summed E-state index contributed by atoms with van der Waals surface area (Å²) >= 11 is 5.74. The van der Waals surface area contributed by atoms with Gasteiger partial charge in [-0.3, -0.25) is 0 Å². The van der Waals surface area contributed by atoms with Gasteiger partial charge < -0.3 is 4.90 Å². The van der Waals surface area contributed by atoms with Gasteiger partial charge in [-0.05, 0) is 31.0 Å². The molecule has 1 aromatic rings. The maximum Gasteiger partial charge on any atom is 0.405 e. The Labute approximate surface area is 110 Å². The number of pyridine rings is 1. The lowest BCUT2D eigenvalue weighted by Gasteiger charge is -2.24. The lowest BCUT2D eigenvalue weighted by Crippen LogP contribution is -2.34. The fraction of sp³-hybridized carbons (Fsp3) is 0.583. The highest BCUT2D eigenvalue weighted by atomic mass is 35.5.